The Bertz CT molecular complexity index is 722. The molecule has 3 rings (SSSR count). The molecule has 1 amide bonds. The average Bonchev–Trinajstić information content (AvgIpc) is 3.11. The smallest absolute Gasteiger partial charge is 0.223 e. The van der Waals surface area contributed by atoms with Crippen molar-refractivity contribution in [3.63, 3.8) is 0 Å². The molecule has 0 aliphatic carbocycles. The van der Waals surface area contributed by atoms with Crippen LogP contribution in [0.15, 0.2) is 36.7 Å². The fourth-order valence-electron chi connectivity index (χ4n) is 3.12. The van der Waals surface area contributed by atoms with Crippen LogP contribution < -0.4 is 5.32 Å². The first-order valence-electron chi connectivity index (χ1n) is 8.21. The van der Waals surface area contributed by atoms with Gasteiger partial charge < -0.3 is 10.2 Å². The highest BCUT2D eigenvalue weighted by atomic mass is 19.1. The average molecular weight is 328 g/mol. The third-order valence-electron chi connectivity index (χ3n) is 4.39. The third-order valence-corrected chi connectivity index (χ3v) is 4.39. The predicted molar refractivity (Wildman–Crippen MR) is 90.0 cm³/mol. The predicted octanol–water partition coefficient (Wildman–Crippen LogP) is 2.95. The van der Waals surface area contributed by atoms with Gasteiger partial charge in [0.25, 0.3) is 0 Å². The summed E-state index contributed by atoms with van der Waals surface area (Å²) in [4.78, 5) is 23.2. The molecule has 1 aliphatic heterocycles. The summed E-state index contributed by atoms with van der Waals surface area (Å²) in [6, 6.07) is 6.56. The zero-order valence-corrected chi connectivity index (χ0v) is 13.7. The Morgan fingerprint density at radius 2 is 2.21 bits per heavy atom. The molecule has 0 spiro atoms. The van der Waals surface area contributed by atoms with Crippen LogP contribution in [-0.2, 0) is 11.2 Å². The van der Waals surface area contributed by atoms with E-state index in [1.807, 2.05) is 4.90 Å². The highest BCUT2D eigenvalue weighted by Gasteiger charge is 2.31. The van der Waals surface area contributed by atoms with E-state index >= 15 is 0 Å². The summed E-state index contributed by atoms with van der Waals surface area (Å²) in [5.41, 5.74) is 1.39. The minimum Gasteiger partial charge on any atom is -0.372 e. The van der Waals surface area contributed by atoms with Crippen molar-refractivity contribution >= 4 is 11.7 Å². The van der Waals surface area contributed by atoms with E-state index in [4.69, 9.17) is 0 Å². The molecule has 2 aromatic rings. The van der Waals surface area contributed by atoms with Crippen molar-refractivity contribution in [3.8, 4) is 0 Å². The minimum absolute atomic E-state index is 0.0393. The summed E-state index contributed by atoms with van der Waals surface area (Å²) in [5, 5.41) is 2.97. The molecule has 1 N–H and O–H groups in total. The highest BCUT2D eigenvalue weighted by molar-refractivity contribution is 5.77. The molecule has 1 saturated heterocycles. The molecule has 24 heavy (non-hydrogen) atoms. The summed E-state index contributed by atoms with van der Waals surface area (Å²) in [6.07, 6.45) is 5.92. The molecule has 6 heteroatoms. The number of nitrogens with zero attached hydrogens (tertiary/aromatic N) is 3. The zero-order valence-electron chi connectivity index (χ0n) is 13.7. The van der Waals surface area contributed by atoms with Gasteiger partial charge in [-0.2, -0.15) is 0 Å². The van der Waals surface area contributed by atoms with Gasteiger partial charge in [-0.05, 0) is 30.9 Å². The molecule has 1 aromatic carbocycles. The molecule has 0 bridgehead atoms. The lowest BCUT2D eigenvalue weighted by Gasteiger charge is -2.24. The topological polar surface area (TPSA) is 58.1 Å². The Balaban J connectivity index is 1.68. The van der Waals surface area contributed by atoms with E-state index in [2.05, 4.69) is 15.3 Å². The molecule has 1 aromatic heterocycles. The Labute approximate surface area is 140 Å². The molecular weight excluding hydrogens is 307 g/mol. The van der Waals surface area contributed by atoms with Crippen molar-refractivity contribution in [2.45, 2.75) is 31.7 Å². The third kappa shape index (κ3) is 3.53. The SMILES string of the molecule is CNc1cncc(C2CCCN2C(=O)CCc2ccccc2F)n1. The van der Waals surface area contributed by atoms with Crippen molar-refractivity contribution in [2.75, 3.05) is 18.9 Å². The van der Waals surface area contributed by atoms with Crippen molar-refractivity contribution in [2.24, 2.45) is 0 Å². The van der Waals surface area contributed by atoms with E-state index in [0.29, 0.717) is 30.8 Å². The number of aryl methyl sites for hydroxylation is 1. The normalized spacial score (nSPS) is 17.1. The van der Waals surface area contributed by atoms with Gasteiger partial charge in [0.2, 0.25) is 5.91 Å². The maximum atomic E-state index is 13.7. The summed E-state index contributed by atoms with van der Waals surface area (Å²) in [5.74, 6) is 0.478. The van der Waals surface area contributed by atoms with Crippen LogP contribution in [0.2, 0.25) is 0 Å². The van der Waals surface area contributed by atoms with Crippen LogP contribution in [0.1, 0.15) is 36.6 Å². The van der Waals surface area contributed by atoms with Gasteiger partial charge in [-0.15, -0.1) is 0 Å². The van der Waals surface area contributed by atoms with Crippen molar-refractivity contribution in [1.82, 2.24) is 14.9 Å². The fraction of sp³-hybridized carbons (Fsp3) is 0.389. The molecular formula is C18H21FN4O. The van der Waals surface area contributed by atoms with E-state index in [1.165, 1.54) is 6.07 Å². The number of benzene rings is 1. The molecule has 1 fully saturated rings. The van der Waals surface area contributed by atoms with Crippen LogP contribution in [0.3, 0.4) is 0 Å². The Morgan fingerprint density at radius 3 is 3.00 bits per heavy atom. The number of hydrogen-bond acceptors (Lipinski definition) is 4. The summed E-state index contributed by atoms with van der Waals surface area (Å²) >= 11 is 0. The van der Waals surface area contributed by atoms with E-state index in [0.717, 1.165) is 18.5 Å². The highest BCUT2D eigenvalue weighted by Crippen LogP contribution is 2.31. The molecule has 1 atom stereocenters. The van der Waals surface area contributed by atoms with Gasteiger partial charge in [-0.3, -0.25) is 9.78 Å². The van der Waals surface area contributed by atoms with Crippen LogP contribution in [0.4, 0.5) is 10.2 Å². The number of carbonyl (C=O) groups excluding carboxylic acids is 1. The fourth-order valence-corrected chi connectivity index (χ4v) is 3.12. The quantitative estimate of drug-likeness (QED) is 0.917. The number of nitrogens with one attached hydrogen (secondary N) is 1. The number of likely N-dealkylation sites (tertiary alicyclic amines) is 1. The second-order valence-corrected chi connectivity index (χ2v) is 5.92. The summed E-state index contributed by atoms with van der Waals surface area (Å²) in [7, 11) is 1.79. The van der Waals surface area contributed by atoms with Crippen LogP contribution >= 0.6 is 0 Å². The molecule has 126 valence electrons. The van der Waals surface area contributed by atoms with Gasteiger partial charge in [0, 0.05) is 20.0 Å². The lowest BCUT2D eigenvalue weighted by atomic mass is 10.1. The first-order valence-corrected chi connectivity index (χ1v) is 8.21. The molecule has 0 saturated carbocycles. The summed E-state index contributed by atoms with van der Waals surface area (Å²) < 4.78 is 13.7. The Hall–Kier alpha value is -2.50. The Morgan fingerprint density at radius 1 is 1.38 bits per heavy atom. The van der Waals surface area contributed by atoms with Crippen LogP contribution in [0, 0.1) is 5.82 Å². The van der Waals surface area contributed by atoms with Gasteiger partial charge >= 0.3 is 0 Å². The lowest BCUT2D eigenvalue weighted by molar-refractivity contribution is -0.132. The lowest BCUT2D eigenvalue weighted by Crippen LogP contribution is -2.31. The molecule has 2 heterocycles. The van der Waals surface area contributed by atoms with Gasteiger partial charge in [0.05, 0.1) is 24.1 Å². The number of carbonyl (C=O) groups is 1. The zero-order chi connectivity index (χ0) is 16.9. The van der Waals surface area contributed by atoms with Gasteiger partial charge in [-0.25, -0.2) is 9.37 Å². The van der Waals surface area contributed by atoms with Crippen LogP contribution in [0.25, 0.3) is 0 Å². The number of rotatable bonds is 5. The van der Waals surface area contributed by atoms with Crippen molar-refractivity contribution in [1.29, 1.82) is 0 Å². The van der Waals surface area contributed by atoms with Gasteiger partial charge in [0.15, 0.2) is 0 Å². The molecule has 5 nitrogen and oxygen atoms in total. The van der Waals surface area contributed by atoms with Gasteiger partial charge in [0.1, 0.15) is 11.6 Å². The molecule has 1 unspecified atom stereocenters. The van der Waals surface area contributed by atoms with Crippen molar-refractivity contribution < 1.29 is 9.18 Å². The van der Waals surface area contributed by atoms with E-state index in [-0.39, 0.29) is 17.8 Å². The number of halogens is 1. The first-order chi connectivity index (χ1) is 11.7. The number of aromatic nitrogens is 2. The standard InChI is InChI=1S/C18H21FN4O/c1-20-17-12-21-11-15(22-17)16-7-4-10-23(16)18(24)9-8-13-5-2-3-6-14(13)19/h2-3,5-6,11-12,16H,4,7-10H2,1H3,(H,20,22). The van der Waals surface area contributed by atoms with Crippen molar-refractivity contribution in [3.05, 3.63) is 53.7 Å². The molecule has 0 radical (unpaired) electrons. The second-order valence-electron chi connectivity index (χ2n) is 5.92. The maximum absolute atomic E-state index is 13.7. The minimum atomic E-state index is -0.254. The maximum Gasteiger partial charge on any atom is 0.223 e. The monoisotopic (exact) mass is 328 g/mol. The largest absolute Gasteiger partial charge is 0.372 e. The van der Waals surface area contributed by atoms with E-state index in [9.17, 15) is 9.18 Å². The Kier molecular flexibility index (Phi) is 5.03. The van der Waals surface area contributed by atoms with Gasteiger partial charge in [-0.1, -0.05) is 18.2 Å². The van der Waals surface area contributed by atoms with E-state index in [1.54, 1.807) is 37.6 Å². The van der Waals surface area contributed by atoms with Crippen LogP contribution in [0.5, 0.6) is 0 Å². The van der Waals surface area contributed by atoms with E-state index < -0.39 is 0 Å². The number of anilines is 1. The first kappa shape index (κ1) is 16.4. The number of hydrogen-bond donors (Lipinski definition) is 1. The van der Waals surface area contributed by atoms with Crippen LogP contribution in [-0.4, -0.2) is 34.4 Å². The number of amides is 1. The second kappa shape index (κ2) is 7.38. The summed E-state index contributed by atoms with van der Waals surface area (Å²) in [6.45, 7) is 0.715. The molecule has 1 aliphatic rings.